The third-order valence-corrected chi connectivity index (χ3v) is 4.43. The fraction of sp³-hybridized carbons (Fsp3) is 0.667. The topological polar surface area (TPSA) is 30.5 Å². The summed E-state index contributed by atoms with van der Waals surface area (Å²) in [6.07, 6.45) is 3.97. The lowest BCUT2D eigenvalue weighted by molar-refractivity contribution is 0.145. The predicted molar refractivity (Wildman–Crippen MR) is 86.7 cm³/mol. The van der Waals surface area contributed by atoms with Crippen LogP contribution in [0.3, 0.4) is 0 Å². The van der Waals surface area contributed by atoms with Crippen LogP contribution >= 0.6 is 0 Å². The molecular weight excluding hydrogens is 262 g/mol. The molecule has 1 aromatic rings. The zero-order valence-corrected chi connectivity index (χ0v) is 13.6. The number of benzene rings is 1. The molecule has 0 radical (unpaired) electrons. The monoisotopic (exact) mass is 291 g/mol. The maximum atomic E-state index is 5.93. The van der Waals surface area contributed by atoms with Crippen LogP contribution in [0.2, 0.25) is 0 Å². The lowest BCUT2D eigenvalue weighted by atomic mass is 9.90. The molecule has 0 aromatic heterocycles. The molecule has 3 unspecified atom stereocenters. The Bertz CT molecular complexity index is 421. The van der Waals surface area contributed by atoms with Crippen LogP contribution < -0.4 is 10.1 Å². The van der Waals surface area contributed by atoms with E-state index in [4.69, 9.17) is 9.47 Å². The molecule has 0 amide bonds. The normalized spacial score (nSPS) is 23.2. The van der Waals surface area contributed by atoms with E-state index in [1.54, 1.807) is 7.11 Å². The minimum Gasteiger partial charge on any atom is -0.491 e. The van der Waals surface area contributed by atoms with Gasteiger partial charge in [-0.1, -0.05) is 38.5 Å². The van der Waals surface area contributed by atoms with Gasteiger partial charge >= 0.3 is 0 Å². The second kappa shape index (κ2) is 8.40. The van der Waals surface area contributed by atoms with Gasteiger partial charge in [0.1, 0.15) is 12.4 Å². The Morgan fingerprint density at radius 2 is 2.05 bits per heavy atom. The van der Waals surface area contributed by atoms with E-state index < -0.39 is 0 Å². The minimum absolute atomic E-state index is 0.402. The van der Waals surface area contributed by atoms with Crippen molar-refractivity contribution in [2.24, 2.45) is 11.8 Å². The molecule has 0 saturated heterocycles. The molecule has 0 heterocycles. The zero-order valence-electron chi connectivity index (χ0n) is 13.6. The van der Waals surface area contributed by atoms with Crippen LogP contribution in [0.5, 0.6) is 5.75 Å². The number of para-hydroxylation sites is 1. The van der Waals surface area contributed by atoms with Gasteiger partial charge in [0.2, 0.25) is 0 Å². The van der Waals surface area contributed by atoms with Crippen LogP contribution in [0.15, 0.2) is 24.3 Å². The Hall–Kier alpha value is -1.06. The third kappa shape index (κ3) is 4.45. The van der Waals surface area contributed by atoms with E-state index in [1.807, 2.05) is 6.07 Å². The summed E-state index contributed by atoms with van der Waals surface area (Å²) in [7, 11) is 1.70. The quantitative estimate of drug-likeness (QED) is 0.739. The van der Waals surface area contributed by atoms with Gasteiger partial charge in [0.15, 0.2) is 0 Å². The fourth-order valence-electron chi connectivity index (χ4n) is 3.41. The molecule has 3 heteroatoms. The first-order valence-corrected chi connectivity index (χ1v) is 8.20. The highest BCUT2D eigenvalue weighted by Crippen LogP contribution is 2.41. The third-order valence-electron chi connectivity index (χ3n) is 4.43. The first kappa shape index (κ1) is 16.3. The minimum atomic E-state index is 0.402. The van der Waals surface area contributed by atoms with Crippen molar-refractivity contribution in [1.82, 2.24) is 5.32 Å². The molecule has 1 aromatic carbocycles. The molecular formula is C18H29NO2. The Labute approximate surface area is 129 Å². The Morgan fingerprint density at radius 1 is 1.24 bits per heavy atom. The smallest absolute Gasteiger partial charge is 0.124 e. The first-order chi connectivity index (χ1) is 10.3. The lowest BCUT2D eigenvalue weighted by Crippen LogP contribution is -2.27. The highest BCUT2D eigenvalue weighted by Gasteiger charge is 2.30. The van der Waals surface area contributed by atoms with Gasteiger partial charge in [-0.25, -0.2) is 0 Å². The van der Waals surface area contributed by atoms with Crippen molar-refractivity contribution in [3.8, 4) is 5.75 Å². The van der Waals surface area contributed by atoms with Crippen molar-refractivity contribution < 1.29 is 9.47 Å². The van der Waals surface area contributed by atoms with E-state index >= 15 is 0 Å². The number of methoxy groups -OCH3 is 1. The van der Waals surface area contributed by atoms with Gasteiger partial charge in [0.25, 0.3) is 0 Å². The molecule has 2 rings (SSSR count). The van der Waals surface area contributed by atoms with Gasteiger partial charge in [-0.2, -0.15) is 0 Å². The average Bonchev–Trinajstić information content (AvgIpc) is 2.92. The van der Waals surface area contributed by atoms with Crippen LogP contribution in [0, 0.1) is 11.8 Å². The maximum absolute atomic E-state index is 5.93. The molecule has 0 bridgehead atoms. The summed E-state index contributed by atoms with van der Waals surface area (Å²) in [5, 5.41) is 3.68. The summed E-state index contributed by atoms with van der Waals surface area (Å²) >= 11 is 0. The summed E-state index contributed by atoms with van der Waals surface area (Å²) in [4.78, 5) is 0. The van der Waals surface area contributed by atoms with Crippen molar-refractivity contribution in [2.45, 2.75) is 39.2 Å². The van der Waals surface area contributed by atoms with Gasteiger partial charge in [-0.15, -0.1) is 0 Å². The summed E-state index contributed by atoms with van der Waals surface area (Å²) in [5.41, 5.74) is 1.30. The number of nitrogens with one attached hydrogen (secondary N) is 1. The van der Waals surface area contributed by atoms with Gasteiger partial charge < -0.3 is 14.8 Å². The molecule has 118 valence electrons. The summed E-state index contributed by atoms with van der Waals surface area (Å²) < 4.78 is 11.0. The number of rotatable bonds is 8. The standard InChI is InChI=1S/C18H29NO2/c1-4-19-18(15-10-9-14(2)13-15)16-7-5-6-8-17(16)21-12-11-20-3/h5-8,14-15,18-19H,4,9-13H2,1-3H3. The van der Waals surface area contributed by atoms with E-state index in [2.05, 4.69) is 37.4 Å². The molecule has 3 atom stereocenters. The van der Waals surface area contributed by atoms with Gasteiger partial charge in [-0.05, 0) is 37.3 Å². The zero-order chi connectivity index (χ0) is 15.1. The summed E-state index contributed by atoms with van der Waals surface area (Å²) in [6, 6.07) is 8.85. The van der Waals surface area contributed by atoms with E-state index in [9.17, 15) is 0 Å². The molecule has 0 aliphatic heterocycles. The second-order valence-corrected chi connectivity index (χ2v) is 6.09. The largest absolute Gasteiger partial charge is 0.491 e. The molecule has 3 nitrogen and oxygen atoms in total. The van der Waals surface area contributed by atoms with E-state index in [-0.39, 0.29) is 0 Å². The number of hydrogen-bond donors (Lipinski definition) is 1. The molecule has 1 saturated carbocycles. The van der Waals surface area contributed by atoms with Crippen molar-refractivity contribution >= 4 is 0 Å². The molecule has 1 aliphatic rings. The fourth-order valence-corrected chi connectivity index (χ4v) is 3.41. The maximum Gasteiger partial charge on any atom is 0.124 e. The van der Waals surface area contributed by atoms with E-state index in [1.165, 1.54) is 24.8 Å². The predicted octanol–water partition coefficient (Wildman–Crippen LogP) is 3.80. The highest BCUT2D eigenvalue weighted by molar-refractivity contribution is 5.36. The lowest BCUT2D eigenvalue weighted by Gasteiger charge is -2.27. The average molecular weight is 291 g/mol. The van der Waals surface area contributed by atoms with E-state index in [0.717, 1.165) is 18.2 Å². The molecule has 1 fully saturated rings. The summed E-state index contributed by atoms with van der Waals surface area (Å²) in [5.74, 6) is 2.56. The van der Waals surface area contributed by atoms with E-state index in [0.29, 0.717) is 25.2 Å². The van der Waals surface area contributed by atoms with Crippen molar-refractivity contribution in [3.05, 3.63) is 29.8 Å². The van der Waals surface area contributed by atoms with Gasteiger partial charge in [-0.3, -0.25) is 0 Å². The Balaban J connectivity index is 2.15. The Kier molecular flexibility index (Phi) is 6.52. The second-order valence-electron chi connectivity index (χ2n) is 6.09. The van der Waals surface area contributed by atoms with Crippen LogP contribution in [0.25, 0.3) is 0 Å². The molecule has 1 aliphatic carbocycles. The first-order valence-electron chi connectivity index (χ1n) is 8.20. The van der Waals surface area contributed by atoms with Crippen molar-refractivity contribution in [2.75, 3.05) is 26.9 Å². The van der Waals surface area contributed by atoms with Gasteiger partial charge in [0, 0.05) is 18.7 Å². The van der Waals surface area contributed by atoms with Crippen molar-refractivity contribution in [1.29, 1.82) is 0 Å². The molecule has 0 spiro atoms. The SMILES string of the molecule is CCNC(c1ccccc1OCCOC)C1CCC(C)C1. The number of ether oxygens (including phenoxy) is 2. The van der Waals surface area contributed by atoms with Crippen LogP contribution in [-0.4, -0.2) is 26.9 Å². The van der Waals surface area contributed by atoms with Crippen LogP contribution in [0.4, 0.5) is 0 Å². The van der Waals surface area contributed by atoms with Crippen LogP contribution in [-0.2, 0) is 4.74 Å². The Morgan fingerprint density at radius 3 is 2.71 bits per heavy atom. The van der Waals surface area contributed by atoms with Crippen molar-refractivity contribution in [3.63, 3.8) is 0 Å². The molecule has 1 N–H and O–H groups in total. The van der Waals surface area contributed by atoms with Crippen LogP contribution in [0.1, 0.15) is 44.7 Å². The highest BCUT2D eigenvalue weighted by atomic mass is 16.5. The molecule has 21 heavy (non-hydrogen) atoms. The summed E-state index contributed by atoms with van der Waals surface area (Å²) in [6.45, 7) is 6.76. The van der Waals surface area contributed by atoms with Gasteiger partial charge in [0.05, 0.1) is 6.61 Å². The number of hydrogen-bond acceptors (Lipinski definition) is 3.